The molecule has 4 nitrogen and oxygen atoms in total. The van der Waals surface area contributed by atoms with Gasteiger partial charge in [0.05, 0.1) is 6.26 Å². The van der Waals surface area contributed by atoms with Crippen LogP contribution in [0, 0.1) is 0 Å². The number of hydrogen-bond donors (Lipinski definition) is 2. The van der Waals surface area contributed by atoms with Crippen molar-refractivity contribution >= 4 is 10.0 Å². The predicted molar refractivity (Wildman–Crippen MR) is 86.8 cm³/mol. The molecule has 0 saturated carbocycles. The van der Waals surface area contributed by atoms with E-state index in [4.69, 9.17) is 0 Å². The Hall–Kier alpha value is -0.910. The Bertz CT molecular complexity index is 582. The molecule has 2 rings (SSSR count). The maximum absolute atomic E-state index is 11.4. The van der Waals surface area contributed by atoms with Gasteiger partial charge in [-0.25, -0.2) is 13.1 Å². The first-order valence-electron chi connectivity index (χ1n) is 7.57. The van der Waals surface area contributed by atoms with Gasteiger partial charge in [-0.15, -0.1) is 0 Å². The van der Waals surface area contributed by atoms with E-state index in [9.17, 15) is 8.42 Å². The maximum atomic E-state index is 11.4. The van der Waals surface area contributed by atoms with Crippen LogP contribution in [0.2, 0.25) is 0 Å². The van der Waals surface area contributed by atoms with Crippen LogP contribution in [0.15, 0.2) is 24.3 Å². The normalized spacial score (nSPS) is 19.9. The molecule has 1 aliphatic carbocycles. The molecule has 0 saturated heterocycles. The first-order valence-corrected chi connectivity index (χ1v) is 9.46. The standard InChI is InChI=1S/C16H26N2O2S/c1-16(2,18-21(3,19)20)12-17-15-11-7-5-9-13-8-4-6-10-14(13)15/h4,6,8,10,15,17-18H,5,7,9,11-12H2,1-3H3. The molecule has 0 amide bonds. The monoisotopic (exact) mass is 310 g/mol. The average molecular weight is 310 g/mol. The molecule has 0 aromatic heterocycles. The zero-order chi connectivity index (χ0) is 15.5. The van der Waals surface area contributed by atoms with Crippen LogP contribution in [0.4, 0.5) is 0 Å². The Labute approximate surface area is 128 Å². The van der Waals surface area contributed by atoms with Crippen molar-refractivity contribution in [1.29, 1.82) is 0 Å². The quantitative estimate of drug-likeness (QED) is 0.821. The van der Waals surface area contributed by atoms with Gasteiger partial charge in [0.15, 0.2) is 0 Å². The lowest BCUT2D eigenvalue weighted by molar-refractivity contribution is 0.380. The number of aryl methyl sites for hydroxylation is 1. The number of benzene rings is 1. The number of rotatable bonds is 5. The third-order valence-electron chi connectivity index (χ3n) is 3.87. The summed E-state index contributed by atoms with van der Waals surface area (Å²) >= 11 is 0. The largest absolute Gasteiger partial charge is 0.308 e. The van der Waals surface area contributed by atoms with Gasteiger partial charge in [0.25, 0.3) is 0 Å². The number of sulfonamides is 1. The second-order valence-corrected chi connectivity index (χ2v) is 8.38. The molecule has 2 N–H and O–H groups in total. The topological polar surface area (TPSA) is 58.2 Å². The van der Waals surface area contributed by atoms with Crippen LogP contribution in [-0.2, 0) is 16.4 Å². The minimum absolute atomic E-state index is 0.310. The van der Waals surface area contributed by atoms with Crippen LogP contribution in [0.25, 0.3) is 0 Å². The van der Waals surface area contributed by atoms with Crippen molar-refractivity contribution in [2.75, 3.05) is 12.8 Å². The molecule has 0 fully saturated rings. The van der Waals surface area contributed by atoms with Crippen molar-refractivity contribution in [2.24, 2.45) is 0 Å². The predicted octanol–water partition coefficient (Wildman–Crippen LogP) is 2.37. The first-order chi connectivity index (χ1) is 9.77. The first kappa shape index (κ1) is 16.5. The number of hydrogen-bond acceptors (Lipinski definition) is 3. The Morgan fingerprint density at radius 1 is 1.24 bits per heavy atom. The van der Waals surface area contributed by atoms with Gasteiger partial charge >= 0.3 is 0 Å². The summed E-state index contributed by atoms with van der Waals surface area (Å²) in [6.45, 7) is 4.42. The van der Waals surface area contributed by atoms with Crippen LogP contribution < -0.4 is 10.0 Å². The summed E-state index contributed by atoms with van der Waals surface area (Å²) in [5.41, 5.74) is 2.29. The summed E-state index contributed by atoms with van der Waals surface area (Å²) in [6.07, 6.45) is 5.87. The van der Waals surface area contributed by atoms with Gasteiger partial charge < -0.3 is 5.32 Å². The summed E-state index contributed by atoms with van der Waals surface area (Å²) in [5, 5.41) is 3.55. The molecule has 1 aromatic rings. The smallest absolute Gasteiger partial charge is 0.209 e. The second kappa shape index (κ2) is 6.46. The van der Waals surface area contributed by atoms with E-state index in [2.05, 4.69) is 34.3 Å². The van der Waals surface area contributed by atoms with Gasteiger partial charge in [-0.2, -0.15) is 0 Å². The fraction of sp³-hybridized carbons (Fsp3) is 0.625. The molecule has 5 heteroatoms. The highest BCUT2D eigenvalue weighted by Crippen LogP contribution is 2.28. The molecule has 1 atom stereocenters. The van der Waals surface area contributed by atoms with E-state index < -0.39 is 15.6 Å². The molecule has 0 heterocycles. The SMILES string of the molecule is CC(C)(CNC1CCCCc2ccccc21)NS(C)(=O)=O. The molecule has 1 unspecified atom stereocenters. The average Bonchev–Trinajstić information content (AvgIpc) is 2.56. The van der Waals surface area contributed by atoms with Crippen molar-refractivity contribution in [2.45, 2.75) is 51.1 Å². The lowest BCUT2D eigenvalue weighted by Gasteiger charge is -2.29. The molecular formula is C16H26N2O2S. The third-order valence-corrected chi connectivity index (χ3v) is 4.79. The summed E-state index contributed by atoms with van der Waals surface area (Å²) in [6, 6.07) is 8.88. The van der Waals surface area contributed by atoms with Crippen molar-refractivity contribution < 1.29 is 8.42 Å². The third kappa shape index (κ3) is 5.09. The van der Waals surface area contributed by atoms with E-state index in [-0.39, 0.29) is 0 Å². The van der Waals surface area contributed by atoms with E-state index in [1.807, 2.05) is 13.8 Å². The Balaban J connectivity index is 2.06. The Morgan fingerprint density at radius 2 is 1.95 bits per heavy atom. The molecular weight excluding hydrogens is 284 g/mol. The van der Waals surface area contributed by atoms with Crippen molar-refractivity contribution in [3.05, 3.63) is 35.4 Å². The fourth-order valence-electron chi connectivity index (χ4n) is 3.05. The van der Waals surface area contributed by atoms with Gasteiger partial charge in [-0.3, -0.25) is 0 Å². The van der Waals surface area contributed by atoms with E-state index in [0.717, 1.165) is 12.8 Å². The van der Waals surface area contributed by atoms with Gasteiger partial charge in [0, 0.05) is 18.1 Å². The van der Waals surface area contributed by atoms with Crippen molar-refractivity contribution in [3.63, 3.8) is 0 Å². The highest BCUT2D eigenvalue weighted by atomic mass is 32.2. The molecule has 0 bridgehead atoms. The summed E-state index contributed by atoms with van der Waals surface area (Å²) in [7, 11) is -3.19. The zero-order valence-corrected chi connectivity index (χ0v) is 14.0. The summed E-state index contributed by atoms with van der Waals surface area (Å²) in [5.74, 6) is 0. The van der Waals surface area contributed by atoms with Gasteiger partial charge in [-0.1, -0.05) is 30.7 Å². The maximum Gasteiger partial charge on any atom is 0.209 e. The highest BCUT2D eigenvalue weighted by molar-refractivity contribution is 7.88. The van der Waals surface area contributed by atoms with Gasteiger partial charge in [0.1, 0.15) is 0 Å². The minimum atomic E-state index is -3.19. The zero-order valence-electron chi connectivity index (χ0n) is 13.1. The second-order valence-electron chi connectivity index (χ2n) is 6.64. The van der Waals surface area contributed by atoms with E-state index in [1.165, 1.54) is 30.2 Å². The lowest BCUT2D eigenvalue weighted by atomic mass is 9.98. The molecule has 1 aromatic carbocycles. The number of nitrogens with one attached hydrogen (secondary N) is 2. The van der Waals surface area contributed by atoms with Crippen LogP contribution in [0.5, 0.6) is 0 Å². The van der Waals surface area contributed by atoms with Crippen LogP contribution in [-0.4, -0.2) is 26.8 Å². The van der Waals surface area contributed by atoms with Crippen LogP contribution in [0.1, 0.15) is 50.3 Å². The Kier molecular flexibility index (Phi) is 5.07. The van der Waals surface area contributed by atoms with Crippen molar-refractivity contribution in [3.8, 4) is 0 Å². The molecule has 118 valence electrons. The van der Waals surface area contributed by atoms with E-state index in [1.54, 1.807) is 0 Å². The summed E-state index contributed by atoms with van der Waals surface area (Å²) in [4.78, 5) is 0. The summed E-state index contributed by atoms with van der Waals surface area (Å²) < 4.78 is 25.5. The van der Waals surface area contributed by atoms with Crippen LogP contribution in [0.3, 0.4) is 0 Å². The molecule has 0 aliphatic heterocycles. The molecule has 21 heavy (non-hydrogen) atoms. The minimum Gasteiger partial charge on any atom is -0.308 e. The van der Waals surface area contributed by atoms with Crippen LogP contribution >= 0.6 is 0 Å². The highest BCUT2D eigenvalue weighted by Gasteiger charge is 2.25. The lowest BCUT2D eigenvalue weighted by Crippen LogP contribution is -2.50. The van der Waals surface area contributed by atoms with Crippen molar-refractivity contribution in [1.82, 2.24) is 10.0 Å². The number of fused-ring (bicyclic) bond motifs is 1. The molecule has 0 spiro atoms. The Morgan fingerprint density at radius 3 is 2.67 bits per heavy atom. The fourth-order valence-corrected chi connectivity index (χ4v) is 4.13. The molecule has 1 aliphatic rings. The van der Waals surface area contributed by atoms with Gasteiger partial charge in [0.2, 0.25) is 10.0 Å². The van der Waals surface area contributed by atoms with Gasteiger partial charge in [-0.05, 0) is 44.2 Å². The van der Waals surface area contributed by atoms with E-state index >= 15 is 0 Å². The molecule has 0 radical (unpaired) electrons. The van der Waals surface area contributed by atoms with E-state index in [0.29, 0.717) is 12.6 Å².